The summed E-state index contributed by atoms with van der Waals surface area (Å²) in [5.74, 6) is -0.199. The van der Waals surface area contributed by atoms with Crippen molar-refractivity contribution in [1.82, 2.24) is 25.0 Å². The summed E-state index contributed by atoms with van der Waals surface area (Å²) in [6.07, 6.45) is -1.60. The normalized spacial score (nSPS) is 20.9. The summed E-state index contributed by atoms with van der Waals surface area (Å²) in [6.45, 7) is 1.37. The maximum absolute atomic E-state index is 12.8. The molecule has 4 heterocycles. The lowest BCUT2D eigenvalue weighted by Crippen LogP contribution is -2.47. The molecule has 0 saturated carbocycles. The molecule has 2 aliphatic rings. The minimum atomic E-state index is -4.38. The van der Waals surface area contributed by atoms with Gasteiger partial charge in [-0.25, -0.2) is 4.98 Å². The van der Waals surface area contributed by atoms with Gasteiger partial charge in [0.1, 0.15) is 0 Å². The van der Waals surface area contributed by atoms with E-state index in [4.69, 9.17) is 14.2 Å². The first kappa shape index (κ1) is 24.9. The van der Waals surface area contributed by atoms with Gasteiger partial charge in [-0.15, -0.1) is 0 Å². The highest BCUT2D eigenvalue weighted by atomic mass is 32.1. The number of ether oxygens (including phenoxy) is 3. The van der Waals surface area contributed by atoms with E-state index in [1.807, 2.05) is 19.3 Å². The highest BCUT2D eigenvalue weighted by molar-refractivity contribution is 7.13. The molecule has 2 aliphatic heterocycles. The van der Waals surface area contributed by atoms with E-state index in [0.717, 1.165) is 28.0 Å². The topological polar surface area (TPSA) is 90.7 Å². The third-order valence-corrected chi connectivity index (χ3v) is 7.11. The van der Waals surface area contributed by atoms with Crippen LogP contribution in [0.2, 0.25) is 0 Å². The van der Waals surface area contributed by atoms with Crippen LogP contribution in [-0.2, 0) is 29.5 Å². The largest absolute Gasteiger partial charge is 0.460 e. The van der Waals surface area contributed by atoms with Gasteiger partial charge >= 0.3 is 6.18 Å². The quantitative estimate of drug-likeness (QED) is 0.507. The zero-order valence-corrected chi connectivity index (χ0v) is 20.4. The molecule has 5 rings (SSSR count). The van der Waals surface area contributed by atoms with Crippen molar-refractivity contribution >= 4 is 28.1 Å². The third-order valence-electron chi connectivity index (χ3n) is 6.04. The van der Waals surface area contributed by atoms with Gasteiger partial charge in [-0.3, -0.25) is 14.4 Å². The van der Waals surface area contributed by atoms with Crippen LogP contribution in [0.15, 0.2) is 24.4 Å². The zero-order chi connectivity index (χ0) is 25.3. The Labute approximate surface area is 209 Å². The number of hydrogen-bond acceptors (Lipinski definition) is 8. The van der Waals surface area contributed by atoms with Gasteiger partial charge < -0.3 is 19.5 Å². The van der Waals surface area contributed by atoms with Crippen molar-refractivity contribution < 1.29 is 32.2 Å². The number of benzene rings is 1. The molecular weight excluding hydrogens is 499 g/mol. The summed E-state index contributed by atoms with van der Waals surface area (Å²) in [5.41, 5.74) is 2.08. The van der Waals surface area contributed by atoms with Crippen molar-refractivity contribution in [2.45, 2.75) is 37.9 Å². The first-order valence-electron chi connectivity index (χ1n) is 11.6. The van der Waals surface area contributed by atoms with E-state index in [0.29, 0.717) is 44.7 Å². The van der Waals surface area contributed by atoms with Gasteiger partial charge in [0.25, 0.3) is 11.1 Å². The Kier molecular flexibility index (Phi) is 7.15. The van der Waals surface area contributed by atoms with Crippen molar-refractivity contribution in [3.8, 4) is 5.19 Å². The van der Waals surface area contributed by atoms with Crippen LogP contribution in [0.1, 0.15) is 27.3 Å². The smallest absolute Gasteiger partial charge is 0.422 e. The number of aryl methyl sites for hydroxylation is 1. The molecule has 13 heteroatoms. The van der Waals surface area contributed by atoms with Crippen LogP contribution >= 0.6 is 11.3 Å². The highest BCUT2D eigenvalue weighted by Gasteiger charge is 2.30. The first-order chi connectivity index (χ1) is 17.2. The molecule has 194 valence electrons. The van der Waals surface area contributed by atoms with Gasteiger partial charge in [-0.05, 0) is 18.6 Å². The predicted molar refractivity (Wildman–Crippen MR) is 125 cm³/mol. The second-order valence-electron chi connectivity index (χ2n) is 8.88. The van der Waals surface area contributed by atoms with E-state index in [1.165, 1.54) is 11.3 Å². The van der Waals surface area contributed by atoms with E-state index in [9.17, 15) is 18.0 Å². The highest BCUT2D eigenvalue weighted by Crippen LogP contribution is 2.31. The Bertz CT molecular complexity index is 1220. The molecule has 1 aromatic carbocycles. The van der Waals surface area contributed by atoms with Gasteiger partial charge in [-0.2, -0.15) is 18.3 Å². The number of nitrogens with zero attached hydrogens (tertiary/aromatic N) is 4. The number of hydrogen-bond donors (Lipinski definition) is 1. The number of fused-ring (bicyclic) bond motifs is 2. The molecule has 0 unspecified atom stereocenters. The second-order valence-corrected chi connectivity index (χ2v) is 9.92. The summed E-state index contributed by atoms with van der Waals surface area (Å²) in [7, 11) is 1.81. The van der Waals surface area contributed by atoms with Gasteiger partial charge in [0, 0.05) is 49.6 Å². The van der Waals surface area contributed by atoms with Crippen LogP contribution < -0.4 is 10.1 Å². The Morgan fingerprint density at radius 1 is 1.31 bits per heavy atom. The first-order valence-corrected chi connectivity index (χ1v) is 12.4. The van der Waals surface area contributed by atoms with Crippen molar-refractivity contribution in [2.75, 3.05) is 32.9 Å². The van der Waals surface area contributed by atoms with Crippen LogP contribution in [-0.4, -0.2) is 77.0 Å². The molecular formula is C23H26F3N5O4S. The number of carbonyl (C=O) groups is 1. The molecule has 2 aromatic heterocycles. The van der Waals surface area contributed by atoms with Crippen molar-refractivity contribution in [1.29, 1.82) is 0 Å². The Balaban J connectivity index is 1.06. The maximum atomic E-state index is 12.8. The fourth-order valence-electron chi connectivity index (χ4n) is 4.33. The number of amides is 1. The van der Waals surface area contributed by atoms with E-state index < -0.39 is 12.8 Å². The summed E-state index contributed by atoms with van der Waals surface area (Å²) >= 11 is 1.18. The fraction of sp³-hybridized carbons (Fsp3) is 0.522. The molecule has 0 aliphatic carbocycles. The minimum Gasteiger partial charge on any atom is -0.460 e. The number of nitrogens with one attached hydrogen (secondary N) is 1. The van der Waals surface area contributed by atoms with E-state index in [1.54, 1.807) is 16.8 Å². The SMILES string of the molecule is Cn1cc2c(C(=O)N[C@H]3CO[C@@H](CCN4CCc5sc(OCC(F)(F)F)nc5C4)OC3)cccc2n1. The number of carbonyl (C=O) groups excluding carboxylic acids is 1. The van der Waals surface area contributed by atoms with E-state index in [-0.39, 0.29) is 23.4 Å². The molecule has 1 N–H and O–H groups in total. The average Bonchev–Trinajstić information content (AvgIpc) is 3.43. The third kappa shape index (κ3) is 5.97. The van der Waals surface area contributed by atoms with Crippen LogP contribution in [0.5, 0.6) is 5.19 Å². The molecule has 1 fully saturated rings. The summed E-state index contributed by atoms with van der Waals surface area (Å²) < 4.78 is 55.3. The molecule has 0 radical (unpaired) electrons. The molecule has 0 atom stereocenters. The van der Waals surface area contributed by atoms with Crippen molar-refractivity contribution in [3.05, 3.63) is 40.5 Å². The zero-order valence-electron chi connectivity index (χ0n) is 19.6. The lowest BCUT2D eigenvalue weighted by atomic mass is 10.1. The number of halogens is 3. The Hall–Kier alpha value is -2.74. The van der Waals surface area contributed by atoms with Crippen LogP contribution in [0.4, 0.5) is 13.2 Å². The number of aromatic nitrogens is 3. The van der Waals surface area contributed by atoms with Crippen molar-refractivity contribution in [3.63, 3.8) is 0 Å². The minimum absolute atomic E-state index is 0.0611. The van der Waals surface area contributed by atoms with E-state index >= 15 is 0 Å². The van der Waals surface area contributed by atoms with Crippen LogP contribution in [0, 0.1) is 0 Å². The average molecular weight is 526 g/mol. The second kappa shape index (κ2) is 10.3. The van der Waals surface area contributed by atoms with E-state index in [2.05, 4.69) is 20.3 Å². The van der Waals surface area contributed by atoms with Gasteiger partial charge in [0.05, 0.1) is 36.0 Å². The molecule has 36 heavy (non-hydrogen) atoms. The molecule has 1 saturated heterocycles. The summed E-state index contributed by atoms with van der Waals surface area (Å²) in [4.78, 5) is 20.2. The summed E-state index contributed by atoms with van der Waals surface area (Å²) in [5, 5.41) is 8.15. The molecule has 1 amide bonds. The van der Waals surface area contributed by atoms with Gasteiger partial charge in [-0.1, -0.05) is 17.4 Å². The molecule has 0 bridgehead atoms. The molecule has 0 spiro atoms. The number of thiazole rings is 1. The van der Waals surface area contributed by atoms with Crippen LogP contribution in [0.3, 0.4) is 0 Å². The maximum Gasteiger partial charge on any atom is 0.422 e. The Morgan fingerprint density at radius 2 is 2.11 bits per heavy atom. The lowest BCUT2D eigenvalue weighted by molar-refractivity contribution is -0.192. The molecule has 3 aromatic rings. The predicted octanol–water partition coefficient (Wildman–Crippen LogP) is 2.89. The lowest BCUT2D eigenvalue weighted by Gasteiger charge is -2.32. The Morgan fingerprint density at radius 3 is 2.89 bits per heavy atom. The number of rotatable bonds is 7. The molecule has 9 nitrogen and oxygen atoms in total. The van der Waals surface area contributed by atoms with Gasteiger partial charge in [0.2, 0.25) is 0 Å². The van der Waals surface area contributed by atoms with Crippen LogP contribution in [0.25, 0.3) is 10.9 Å². The van der Waals surface area contributed by atoms with Gasteiger partial charge in [0.15, 0.2) is 12.9 Å². The monoisotopic (exact) mass is 525 g/mol. The fourth-order valence-corrected chi connectivity index (χ4v) is 5.23. The standard InChI is InChI=1S/C23H26F3N5O4S/c1-30-9-16-15(3-2-4-17(16)29-30)21(32)27-14-11-33-20(34-12-14)6-8-31-7-5-19-18(10-31)28-22(36-19)35-13-23(24,25)26/h2-4,9,14,20H,5-8,10-13H2,1H3,(H,27,32)/t14-,20+. The number of alkyl halides is 3. The van der Waals surface area contributed by atoms with Crippen molar-refractivity contribution in [2.24, 2.45) is 7.05 Å². The summed E-state index contributed by atoms with van der Waals surface area (Å²) in [6, 6.07) is 5.18.